The Hall–Kier alpha value is -1.85. The van der Waals surface area contributed by atoms with Gasteiger partial charge in [0.15, 0.2) is 0 Å². The van der Waals surface area contributed by atoms with Crippen LogP contribution in [0, 0.1) is 0 Å². The fourth-order valence-electron chi connectivity index (χ4n) is 1.57. The van der Waals surface area contributed by atoms with Gasteiger partial charge in [-0.15, -0.1) is 11.3 Å². The molecule has 104 valence electrons. The summed E-state index contributed by atoms with van der Waals surface area (Å²) < 4.78 is 5.29. The summed E-state index contributed by atoms with van der Waals surface area (Å²) in [5.74, 6) is -0.932. The van der Waals surface area contributed by atoms with Gasteiger partial charge in [0.05, 0.1) is 10.4 Å². The van der Waals surface area contributed by atoms with Crippen molar-refractivity contribution in [2.24, 2.45) is 0 Å². The lowest BCUT2D eigenvalue weighted by molar-refractivity contribution is -0.129. The summed E-state index contributed by atoms with van der Waals surface area (Å²) in [6.07, 6.45) is -0.942. The standard InChI is InChI=1S/C14H12ClNO3S/c1-16-13(17)12(11-3-2-8-20-11)19-14(18)9-4-6-10(15)7-5-9/h2-8,12H,1H3,(H,16,17). The van der Waals surface area contributed by atoms with Crippen LogP contribution in [0.3, 0.4) is 0 Å². The maximum atomic E-state index is 12.0. The number of hydrogen-bond donors (Lipinski definition) is 1. The highest BCUT2D eigenvalue weighted by Crippen LogP contribution is 2.24. The number of nitrogens with one attached hydrogen (secondary N) is 1. The number of ether oxygens (including phenoxy) is 1. The number of esters is 1. The number of halogens is 1. The van der Waals surface area contributed by atoms with Crippen LogP contribution in [0.2, 0.25) is 5.02 Å². The van der Waals surface area contributed by atoms with E-state index in [0.29, 0.717) is 15.5 Å². The second kappa shape index (κ2) is 6.54. The lowest BCUT2D eigenvalue weighted by Crippen LogP contribution is -2.28. The van der Waals surface area contributed by atoms with Gasteiger partial charge >= 0.3 is 5.97 Å². The summed E-state index contributed by atoms with van der Waals surface area (Å²) in [6.45, 7) is 0. The minimum atomic E-state index is -0.942. The molecule has 0 aliphatic heterocycles. The van der Waals surface area contributed by atoms with Gasteiger partial charge in [0.25, 0.3) is 5.91 Å². The number of carbonyl (C=O) groups excluding carboxylic acids is 2. The predicted octanol–water partition coefficient (Wildman–Crippen LogP) is 3.05. The lowest BCUT2D eigenvalue weighted by atomic mass is 10.2. The highest BCUT2D eigenvalue weighted by atomic mass is 35.5. The smallest absolute Gasteiger partial charge is 0.339 e. The summed E-state index contributed by atoms with van der Waals surface area (Å²) in [5.41, 5.74) is 0.347. The molecule has 0 saturated carbocycles. The van der Waals surface area contributed by atoms with Crippen molar-refractivity contribution in [1.82, 2.24) is 5.32 Å². The average Bonchev–Trinajstić information content (AvgIpc) is 2.98. The molecule has 1 N–H and O–H groups in total. The monoisotopic (exact) mass is 309 g/mol. The second-order valence-electron chi connectivity index (χ2n) is 3.92. The predicted molar refractivity (Wildman–Crippen MR) is 78.0 cm³/mol. The first-order valence-corrected chi connectivity index (χ1v) is 7.09. The van der Waals surface area contributed by atoms with Crippen molar-refractivity contribution in [2.45, 2.75) is 6.10 Å². The van der Waals surface area contributed by atoms with Crippen LogP contribution in [-0.2, 0) is 9.53 Å². The fraction of sp³-hybridized carbons (Fsp3) is 0.143. The Balaban J connectivity index is 2.18. The molecule has 0 aliphatic carbocycles. The van der Waals surface area contributed by atoms with E-state index in [1.165, 1.54) is 18.4 Å². The Morgan fingerprint density at radius 1 is 1.25 bits per heavy atom. The first-order valence-electron chi connectivity index (χ1n) is 5.83. The van der Waals surface area contributed by atoms with Gasteiger partial charge in [-0.1, -0.05) is 17.7 Å². The van der Waals surface area contributed by atoms with E-state index in [4.69, 9.17) is 16.3 Å². The number of hydrogen-bond acceptors (Lipinski definition) is 4. The molecule has 0 fully saturated rings. The Labute approximate surface area is 125 Å². The molecular weight excluding hydrogens is 298 g/mol. The van der Waals surface area contributed by atoms with Crippen LogP contribution in [0.5, 0.6) is 0 Å². The van der Waals surface area contributed by atoms with Gasteiger partial charge in [-0.25, -0.2) is 4.79 Å². The third-order valence-electron chi connectivity index (χ3n) is 2.59. The van der Waals surface area contributed by atoms with Gasteiger partial charge in [-0.3, -0.25) is 4.79 Å². The van der Waals surface area contributed by atoms with Gasteiger partial charge in [0.1, 0.15) is 0 Å². The molecule has 6 heteroatoms. The zero-order valence-electron chi connectivity index (χ0n) is 10.6. The quantitative estimate of drug-likeness (QED) is 0.883. The second-order valence-corrected chi connectivity index (χ2v) is 5.34. The molecule has 1 aromatic carbocycles. The fourth-order valence-corrected chi connectivity index (χ4v) is 2.45. The van der Waals surface area contributed by atoms with Gasteiger partial charge < -0.3 is 10.1 Å². The van der Waals surface area contributed by atoms with Crippen LogP contribution in [0.15, 0.2) is 41.8 Å². The molecule has 2 aromatic rings. The molecule has 0 radical (unpaired) electrons. The number of likely N-dealkylation sites (N-methyl/N-ethyl adjacent to an activating group) is 1. The van der Waals surface area contributed by atoms with Crippen LogP contribution < -0.4 is 5.32 Å². The Morgan fingerprint density at radius 2 is 1.95 bits per heavy atom. The van der Waals surface area contributed by atoms with Gasteiger partial charge in [-0.2, -0.15) is 0 Å². The van der Waals surface area contributed by atoms with E-state index in [2.05, 4.69) is 5.32 Å². The van der Waals surface area contributed by atoms with E-state index >= 15 is 0 Å². The Kier molecular flexibility index (Phi) is 4.76. The highest BCUT2D eigenvalue weighted by Gasteiger charge is 2.25. The molecule has 0 saturated heterocycles. The summed E-state index contributed by atoms with van der Waals surface area (Å²) in [6, 6.07) is 9.85. The molecule has 2 rings (SSSR count). The number of thiophene rings is 1. The molecule has 1 amide bonds. The Morgan fingerprint density at radius 3 is 2.50 bits per heavy atom. The molecule has 20 heavy (non-hydrogen) atoms. The van der Waals surface area contributed by atoms with Crippen molar-refractivity contribution in [1.29, 1.82) is 0 Å². The lowest BCUT2D eigenvalue weighted by Gasteiger charge is -2.15. The van der Waals surface area contributed by atoms with E-state index in [9.17, 15) is 9.59 Å². The van der Waals surface area contributed by atoms with Crippen molar-refractivity contribution < 1.29 is 14.3 Å². The number of rotatable bonds is 4. The topological polar surface area (TPSA) is 55.4 Å². The summed E-state index contributed by atoms with van der Waals surface area (Å²) >= 11 is 7.12. The van der Waals surface area contributed by atoms with Crippen molar-refractivity contribution in [3.8, 4) is 0 Å². The molecule has 0 bridgehead atoms. The van der Waals surface area contributed by atoms with Crippen LogP contribution in [0.1, 0.15) is 21.3 Å². The highest BCUT2D eigenvalue weighted by molar-refractivity contribution is 7.10. The maximum absolute atomic E-state index is 12.0. The number of amides is 1. The van der Waals surface area contributed by atoms with Gasteiger partial charge in [-0.05, 0) is 35.7 Å². The first kappa shape index (κ1) is 14.6. The van der Waals surface area contributed by atoms with Crippen LogP contribution in [0.25, 0.3) is 0 Å². The molecule has 1 atom stereocenters. The SMILES string of the molecule is CNC(=O)C(OC(=O)c1ccc(Cl)cc1)c1cccs1. The minimum absolute atomic E-state index is 0.347. The van der Waals surface area contributed by atoms with E-state index < -0.39 is 12.1 Å². The molecular formula is C14H12ClNO3S. The third-order valence-corrected chi connectivity index (χ3v) is 3.76. The third kappa shape index (κ3) is 3.37. The molecule has 0 spiro atoms. The molecule has 1 unspecified atom stereocenters. The molecule has 4 nitrogen and oxygen atoms in total. The zero-order chi connectivity index (χ0) is 14.5. The van der Waals surface area contributed by atoms with Gasteiger partial charge in [0, 0.05) is 12.1 Å². The number of carbonyl (C=O) groups is 2. The first-order chi connectivity index (χ1) is 9.61. The van der Waals surface area contributed by atoms with Crippen molar-refractivity contribution in [2.75, 3.05) is 7.05 Å². The van der Waals surface area contributed by atoms with Crippen molar-refractivity contribution >= 4 is 34.8 Å². The van der Waals surface area contributed by atoms with E-state index in [-0.39, 0.29) is 5.91 Å². The van der Waals surface area contributed by atoms with Crippen LogP contribution >= 0.6 is 22.9 Å². The number of benzene rings is 1. The summed E-state index contributed by atoms with van der Waals surface area (Å²) in [7, 11) is 1.50. The van der Waals surface area contributed by atoms with E-state index in [1.54, 1.807) is 36.4 Å². The summed E-state index contributed by atoms with van der Waals surface area (Å²) in [4.78, 5) is 24.5. The molecule has 0 aliphatic rings. The van der Waals surface area contributed by atoms with Gasteiger partial charge in [0.2, 0.25) is 6.10 Å². The maximum Gasteiger partial charge on any atom is 0.339 e. The average molecular weight is 310 g/mol. The van der Waals surface area contributed by atoms with Crippen LogP contribution in [0.4, 0.5) is 0 Å². The van der Waals surface area contributed by atoms with E-state index in [1.807, 2.05) is 5.38 Å². The largest absolute Gasteiger partial charge is 0.443 e. The normalized spacial score (nSPS) is 11.7. The van der Waals surface area contributed by atoms with Crippen molar-refractivity contribution in [3.63, 3.8) is 0 Å². The summed E-state index contributed by atoms with van der Waals surface area (Å²) in [5, 5.41) is 4.84. The molecule has 1 aromatic heterocycles. The minimum Gasteiger partial charge on any atom is -0.443 e. The Bertz CT molecular complexity index is 595. The van der Waals surface area contributed by atoms with Crippen LogP contribution in [-0.4, -0.2) is 18.9 Å². The zero-order valence-corrected chi connectivity index (χ0v) is 12.2. The molecule has 1 heterocycles. The van der Waals surface area contributed by atoms with Crippen molar-refractivity contribution in [3.05, 3.63) is 57.2 Å². The van der Waals surface area contributed by atoms with E-state index in [0.717, 1.165) is 0 Å².